The van der Waals surface area contributed by atoms with Gasteiger partial charge in [0.25, 0.3) is 0 Å². The van der Waals surface area contributed by atoms with Gasteiger partial charge in [-0.2, -0.15) is 0 Å². The quantitative estimate of drug-likeness (QED) is 0.839. The van der Waals surface area contributed by atoms with Crippen molar-refractivity contribution < 1.29 is 14.6 Å². The summed E-state index contributed by atoms with van der Waals surface area (Å²) >= 11 is 0. The Bertz CT molecular complexity index is 461. The second-order valence-electron chi connectivity index (χ2n) is 5.56. The van der Waals surface area contributed by atoms with Gasteiger partial charge in [-0.3, -0.25) is 0 Å². The van der Waals surface area contributed by atoms with Gasteiger partial charge in [-0.15, -0.1) is 0 Å². The van der Waals surface area contributed by atoms with Crippen molar-refractivity contribution in [3.8, 4) is 11.5 Å². The van der Waals surface area contributed by atoms with Crippen LogP contribution in [-0.2, 0) is 6.42 Å². The van der Waals surface area contributed by atoms with E-state index in [1.165, 1.54) is 0 Å². The zero-order chi connectivity index (χ0) is 14.7. The van der Waals surface area contributed by atoms with Crippen LogP contribution in [0.4, 0.5) is 0 Å². The molecule has 0 spiro atoms. The fourth-order valence-corrected chi connectivity index (χ4v) is 2.89. The lowest BCUT2D eigenvalue weighted by atomic mass is 9.90. The average molecular weight is 279 g/mol. The van der Waals surface area contributed by atoms with Crippen LogP contribution in [-0.4, -0.2) is 24.9 Å². The van der Waals surface area contributed by atoms with Crippen LogP contribution in [0.2, 0.25) is 0 Å². The number of aliphatic hydroxyl groups is 1. The maximum atomic E-state index is 10.6. The maximum Gasteiger partial charge on any atom is 0.125 e. The standard InChI is InChI=1S/C16H25NO3/c1-4-5-11(9-17)16(18)13-8-14-12(6-10(2)20-14)7-15(13)19-3/h7-8,10-11,16,18H,4-6,9,17H2,1-3H3. The summed E-state index contributed by atoms with van der Waals surface area (Å²) in [7, 11) is 1.63. The summed E-state index contributed by atoms with van der Waals surface area (Å²) < 4.78 is 11.2. The first-order valence-electron chi connectivity index (χ1n) is 7.36. The molecule has 0 bridgehead atoms. The zero-order valence-corrected chi connectivity index (χ0v) is 12.6. The molecule has 0 amide bonds. The molecule has 3 atom stereocenters. The lowest BCUT2D eigenvalue weighted by Crippen LogP contribution is -2.22. The predicted molar refractivity (Wildman–Crippen MR) is 79.2 cm³/mol. The number of nitrogens with two attached hydrogens (primary N) is 1. The Morgan fingerprint density at radius 3 is 2.85 bits per heavy atom. The van der Waals surface area contributed by atoms with E-state index in [0.717, 1.165) is 41.9 Å². The number of hydrogen-bond donors (Lipinski definition) is 2. The van der Waals surface area contributed by atoms with E-state index < -0.39 is 6.10 Å². The molecule has 2 rings (SSSR count). The monoisotopic (exact) mass is 279 g/mol. The minimum atomic E-state index is -0.611. The largest absolute Gasteiger partial charge is 0.496 e. The van der Waals surface area contributed by atoms with Crippen LogP contribution in [0.1, 0.15) is 43.9 Å². The molecule has 20 heavy (non-hydrogen) atoms. The van der Waals surface area contributed by atoms with Crippen molar-refractivity contribution in [3.05, 3.63) is 23.3 Å². The van der Waals surface area contributed by atoms with Crippen molar-refractivity contribution in [2.75, 3.05) is 13.7 Å². The molecule has 4 heteroatoms. The Labute approximate surface area is 120 Å². The Kier molecular flexibility index (Phi) is 4.89. The van der Waals surface area contributed by atoms with Gasteiger partial charge >= 0.3 is 0 Å². The SMILES string of the molecule is CCCC(CN)C(O)c1cc2c(cc1OC)CC(C)O2. The highest BCUT2D eigenvalue weighted by molar-refractivity contribution is 5.49. The lowest BCUT2D eigenvalue weighted by molar-refractivity contribution is 0.103. The summed E-state index contributed by atoms with van der Waals surface area (Å²) in [5, 5.41) is 10.6. The Hall–Kier alpha value is -1.26. The summed E-state index contributed by atoms with van der Waals surface area (Å²) in [6.45, 7) is 4.61. The van der Waals surface area contributed by atoms with Gasteiger partial charge in [-0.05, 0) is 32.0 Å². The third-order valence-corrected chi connectivity index (χ3v) is 3.98. The first-order valence-corrected chi connectivity index (χ1v) is 7.36. The van der Waals surface area contributed by atoms with Gasteiger partial charge < -0.3 is 20.3 Å². The number of ether oxygens (including phenoxy) is 2. The third-order valence-electron chi connectivity index (χ3n) is 3.98. The fourth-order valence-electron chi connectivity index (χ4n) is 2.89. The molecule has 0 radical (unpaired) electrons. The van der Waals surface area contributed by atoms with Crippen LogP contribution in [0.15, 0.2) is 12.1 Å². The first-order chi connectivity index (χ1) is 9.60. The number of methoxy groups -OCH3 is 1. The normalized spacial score (nSPS) is 20.1. The van der Waals surface area contributed by atoms with Crippen LogP contribution >= 0.6 is 0 Å². The maximum absolute atomic E-state index is 10.6. The number of hydrogen-bond acceptors (Lipinski definition) is 4. The van der Waals surface area contributed by atoms with Crippen molar-refractivity contribution in [3.63, 3.8) is 0 Å². The topological polar surface area (TPSA) is 64.7 Å². The van der Waals surface area contributed by atoms with Gasteiger partial charge in [0.2, 0.25) is 0 Å². The lowest BCUT2D eigenvalue weighted by Gasteiger charge is -2.23. The van der Waals surface area contributed by atoms with E-state index in [1.807, 2.05) is 19.1 Å². The highest BCUT2D eigenvalue weighted by atomic mass is 16.5. The highest BCUT2D eigenvalue weighted by Gasteiger charge is 2.27. The van der Waals surface area contributed by atoms with Crippen LogP contribution in [0.25, 0.3) is 0 Å². The van der Waals surface area contributed by atoms with E-state index in [0.29, 0.717) is 6.54 Å². The summed E-state index contributed by atoms with van der Waals surface area (Å²) in [5.74, 6) is 1.63. The molecule has 1 aliphatic heterocycles. The van der Waals surface area contributed by atoms with Crippen LogP contribution in [0, 0.1) is 5.92 Å². The number of rotatable bonds is 6. The smallest absolute Gasteiger partial charge is 0.125 e. The molecule has 3 N–H and O–H groups in total. The van der Waals surface area contributed by atoms with Gasteiger partial charge in [0.15, 0.2) is 0 Å². The van der Waals surface area contributed by atoms with Crippen molar-refractivity contribution in [1.29, 1.82) is 0 Å². The van der Waals surface area contributed by atoms with Crippen LogP contribution in [0.5, 0.6) is 11.5 Å². The molecule has 112 valence electrons. The van der Waals surface area contributed by atoms with E-state index >= 15 is 0 Å². The summed E-state index contributed by atoms with van der Waals surface area (Å²) in [6, 6.07) is 3.90. The van der Waals surface area contributed by atoms with Gasteiger partial charge in [0, 0.05) is 23.5 Å². The van der Waals surface area contributed by atoms with Gasteiger partial charge in [-0.1, -0.05) is 13.3 Å². The van der Waals surface area contributed by atoms with Crippen LogP contribution in [0.3, 0.4) is 0 Å². The van der Waals surface area contributed by atoms with Crippen molar-refractivity contribution in [2.45, 2.75) is 45.3 Å². The molecular weight excluding hydrogens is 254 g/mol. The third kappa shape index (κ3) is 2.91. The summed E-state index contributed by atoms with van der Waals surface area (Å²) in [5.41, 5.74) is 7.72. The molecule has 0 saturated carbocycles. The summed E-state index contributed by atoms with van der Waals surface area (Å²) in [6.07, 6.45) is 2.36. The molecule has 3 unspecified atom stereocenters. The molecule has 0 aliphatic carbocycles. The van der Waals surface area contributed by atoms with Crippen molar-refractivity contribution >= 4 is 0 Å². The summed E-state index contributed by atoms with van der Waals surface area (Å²) in [4.78, 5) is 0. The predicted octanol–water partition coefficient (Wildman–Crippen LogP) is 2.43. The molecule has 1 aromatic rings. The first kappa shape index (κ1) is 15.1. The molecular formula is C16H25NO3. The molecule has 1 heterocycles. The Morgan fingerprint density at radius 1 is 1.50 bits per heavy atom. The number of benzene rings is 1. The van der Waals surface area contributed by atoms with Crippen molar-refractivity contribution in [2.24, 2.45) is 11.7 Å². The van der Waals surface area contributed by atoms with Crippen LogP contribution < -0.4 is 15.2 Å². The van der Waals surface area contributed by atoms with Crippen molar-refractivity contribution in [1.82, 2.24) is 0 Å². The Morgan fingerprint density at radius 2 is 2.25 bits per heavy atom. The zero-order valence-electron chi connectivity index (χ0n) is 12.6. The minimum absolute atomic E-state index is 0.0470. The average Bonchev–Trinajstić information content (AvgIpc) is 2.81. The number of aliphatic hydroxyl groups excluding tert-OH is 1. The van der Waals surface area contributed by atoms with Gasteiger partial charge in [-0.25, -0.2) is 0 Å². The Balaban J connectivity index is 2.33. The fraction of sp³-hybridized carbons (Fsp3) is 0.625. The van der Waals surface area contributed by atoms with Gasteiger partial charge in [0.05, 0.1) is 13.2 Å². The number of fused-ring (bicyclic) bond motifs is 1. The van der Waals surface area contributed by atoms with E-state index in [4.69, 9.17) is 15.2 Å². The highest BCUT2D eigenvalue weighted by Crippen LogP contribution is 2.39. The van der Waals surface area contributed by atoms with E-state index in [2.05, 4.69) is 6.92 Å². The second-order valence-corrected chi connectivity index (χ2v) is 5.56. The molecule has 0 fully saturated rings. The molecule has 4 nitrogen and oxygen atoms in total. The molecule has 0 saturated heterocycles. The second kappa shape index (κ2) is 6.46. The van der Waals surface area contributed by atoms with Gasteiger partial charge in [0.1, 0.15) is 17.6 Å². The molecule has 1 aromatic carbocycles. The molecule has 1 aliphatic rings. The van der Waals surface area contributed by atoms with E-state index in [-0.39, 0.29) is 12.0 Å². The molecule has 0 aromatic heterocycles. The van der Waals surface area contributed by atoms with E-state index in [9.17, 15) is 5.11 Å². The minimum Gasteiger partial charge on any atom is -0.496 e. The van der Waals surface area contributed by atoms with E-state index in [1.54, 1.807) is 7.11 Å².